The summed E-state index contributed by atoms with van der Waals surface area (Å²) in [5.41, 5.74) is 1.13. The molecule has 1 amide bonds. The number of halogens is 1. The van der Waals surface area contributed by atoms with Crippen LogP contribution in [0.1, 0.15) is 24.4 Å². The number of carbonyl (C=O) groups is 1. The van der Waals surface area contributed by atoms with E-state index >= 15 is 0 Å². The van der Waals surface area contributed by atoms with E-state index in [-0.39, 0.29) is 23.4 Å². The molecule has 0 bridgehead atoms. The number of rotatable bonds is 8. The quantitative estimate of drug-likeness (QED) is 0.713. The summed E-state index contributed by atoms with van der Waals surface area (Å²) < 4.78 is 39.2. The molecule has 0 radical (unpaired) electrons. The first-order valence-corrected chi connectivity index (χ1v) is 11.1. The SMILES string of the molecule is CN(CC(=O)NC[C@@H](c1ccccc1)N1CCCC1)S(=O)(=O)c1ccc(F)cc1. The van der Waals surface area contributed by atoms with E-state index in [9.17, 15) is 17.6 Å². The Balaban J connectivity index is 1.62. The van der Waals surface area contributed by atoms with Crippen LogP contribution in [0.4, 0.5) is 4.39 Å². The average molecular weight is 420 g/mol. The van der Waals surface area contributed by atoms with Crippen molar-refractivity contribution in [3.05, 3.63) is 66.0 Å². The fraction of sp³-hybridized carbons (Fsp3) is 0.381. The van der Waals surface area contributed by atoms with Crippen LogP contribution in [0.5, 0.6) is 0 Å². The molecule has 1 N–H and O–H groups in total. The lowest BCUT2D eigenvalue weighted by molar-refractivity contribution is -0.121. The second-order valence-corrected chi connectivity index (χ2v) is 9.23. The standard InChI is InChI=1S/C21H26FN3O3S/c1-24(29(27,28)19-11-9-18(22)10-12-19)16-21(26)23-15-20(25-13-5-6-14-25)17-7-3-2-4-8-17/h2-4,7-12,20H,5-6,13-16H2,1H3,(H,23,26)/t20-/m0/s1. The number of hydrogen-bond acceptors (Lipinski definition) is 4. The Morgan fingerprint density at radius 2 is 1.72 bits per heavy atom. The van der Waals surface area contributed by atoms with Crippen molar-refractivity contribution in [1.29, 1.82) is 0 Å². The lowest BCUT2D eigenvalue weighted by Gasteiger charge is -2.28. The number of likely N-dealkylation sites (N-methyl/N-ethyl adjacent to an activating group) is 1. The third-order valence-electron chi connectivity index (χ3n) is 5.15. The van der Waals surface area contributed by atoms with Crippen LogP contribution in [0.25, 0.3) is 0 Å². The van der Waals surface area contributed by atoms with Gasteiger partial charge in [-0.3, -0.25) is 9.69 Å². The maximum atomic E-state index is 13.1. The Hall–Kier alpha value is -2.29. The molecular weight excluding hydrogens is 393 g/mol. The first-order chi connectivity index (χ1) is 13.9. The van der Waals surface area contributed by atoms with Crippen molar-refractivity contribution in [2.24, 2.45) is 0 Å². The van der Waals surface area contributed by atoms with Gasteiger partial charge in [-0.05, 0) is 55.8 Å². The van der Waals surface area contributed by atoms with Gasteiger partial charge < -0.3 is 5.32 Å². The first kappa shape index (κ1) is 21.4. The van der Waals surface area contributed by atoms with Gasteiger partial charge in [-0.1, -0.05) is 30.3 Å². The van der Waals surface area contributed by atoms with Crippen LogP contribution in [-0.4, -0.2) is 56.8 Å². The highest BCUT2D eigenvalue weighted by molar-refractivity contribution is 7.89. The molecular formula is C21H26FN3O3S. The molecule has 0 aromatic heterocycles. The first-order valence-electron chi connectivity index (χ1n) is 9.65. The maximum Gasteiger partial charge on any atom is 0.243 e. The molecule has 0 spiro atoms. The third-order valence-corrected chi connectivity index (χ3v) is 6.96. The largest absolute Gasteiger partial charge is 0.353 e. The Kier molecular flexibility index (Phi) is 7.00. The molecule has 1 fully saturated rings. The lowest BCUT2D eigenvalue weighted by Crippen LogP contribution is -2.42. The van der Waals surface area contributed by atoms with E-state index in [1.807, 2.05) is 30.3 Å². The minimum atomic E-state index is -3.86. The molecule has 1 atom stereocenters. The number of benzene rings is 2. The van der Waals surface area contributed by atoms with Gasteiger partial charge in [0.05, 0.1) is 17.5 Å². The number of hydrogen-bond donors (Lipinski definition) is 1. The van der Waals surface area contributed by atoms with Crippen LogP contribution >= 0.6 is 0 Å². The molecule has 29 heavy (non-hydrogen) atoms. The lowest BCUT2D eigenvalue weighted by atomic mass is 10.1. The predicted octanol–water partition coefficient (Wildman–Crippen LogP) is 2.40. The van der Waals surface area contributed by atoms with Gasteiger partial charge in [-0.15, -0.1) is 0 Å². The molecule has 0 unspecified atom stereocenters. The molecule has 1 aliphatic rings. The van der Waals surface area contributed by atoms with Crippen molar-refractivity contribution in [3.8, 4) is 0 Å². The van der Waals surface area contributed by atoms with Crippen molar-refractivity contribution in [2.75, 3.05) is 33.2 Å². The van der Waals surface area contributed by atoms with Gasteiger partial charge in [-0.25, -0.2) is 12.8 Å². The van der Waals surface area contributed by atoms with Gasteiger partial charge in [0.15, 0.2) is 0 Å². The highest BCUT2D eigenvalue weighted by atomic mass is 32.2. The van der Waals surface area contributed by atoms with Crippen molar-refractivity contribution in [1.82, 2.24) is 14.5 Å². The van der Waals surface area contributed by atoms with E-state index in [1.165, 1.54) is 19.2 Å². The maximum absolute atomic E-state index is 13.1. The average Bonchev–Trinajstić information content (AvgIpc) is 3.24. The second kappa shape index (κ2) is 9.47. The molecule has 0 aliphatic carbocycles. The molecule has 2 aromatic rings. The highest BCUT2D eigenvalue weighted by Crippen LogP contribution is 2.24. The zero-order valence-corrected chi connectivity index (χ0v) is 17.2. The summed E-state index contributed by atoms with van der Waals surface area (Å²) in [5.74, 6) is -0.892. The highest BCUT2D eigenvalue weighted by Gasteiger charge is 2.26. The molecule has 156 valence electrons. The molecule has 1 aliphatic heterocycles. The Labute approximate surface area is 171 Å². The summed E-state index contributed by atoms with van der Waals surface area (Å²) >= 11 is 0. The number of nitrogens with zero attached hydrogens (tertiary/aromatic N) is 2. The molecule has 6 nitrogen and oxygen atoms in total. The van der Waals surface area contributed by atoms with Crippen LogP contribution in [0, 0.1) is 5.82 Å². The minimum absolute atomic E-state index is 0.0478. The molecule has 1 saturated heterocycles. The smallest absolute Gasteiger partial charge is 0.243 e. The molecule has 0 saturated carbocycles. The number of likely N-dealkylation sites (tertiary alicyclic amines) is 1. The monoisotopic (exact) mass is 419 g/mol. The van der Waals surface area contributed by atoms with E-state index in [0.717, 1.165) is 47.9 Å². The van der Waals surface area contributed by atoms with Crippen molar-refractivity contribution in [2.45, 2.75) is 23.8 Å². The predicted molar refractivity (Wildman–Crippen MR) is 109 cm³/mol. The Morgan fingerprint density at radius 1 is 1.10 bits per heavy atom. The van der Waals surface area contributed by atoms with Gasteiger partial charge in [0.25, 0.3) is 0 Å². The number of carbonyl (C=O) groups excluding carboxylic acids is 1. The zero-order chi connectivity index (χ0) is 20.9. The van der Waals surface area contributed by atoms with Crippen molar-refractivity contribution in [3.63, 3.8) is 0 Å². The van der Waals surface area contributed by atoms with Crippen LogP contribution < -0.4 is 5.32 Å². The fourth-order valence-electron chi connectivity index (χ4n) is 3.53. The van der Waals surface area contributed by atoms with Crippen LogP contribution in [0.15, 0.2) is 59.5 Å². The topological polar surface area (TPSA) is 69.7 Å². The number of nitrogens with one attached hydrogen (secondary N) is 1. The van der Waals surface area contributed by atoms with Gasteiger partial charge in [0.2, 0.25) is 15.9 Å². The van der Waals surface area contributed by atoms with Crippen LogP contribution in [-0.2, 0) is 14.8 Å². The summed E-state index contributed by atoms with van der Waals surface area (Å²) in [4.78, 5) is 14.7. The van der Waals surface area contributed by atoms with Crippen LogP contribution in [0.2, 0.25) is 0 Å². The zero-order valence-electron chi connectivity index (χ0n) is 16.4. The number of amides is 1. The summed E-state index contributed by atoms with van der Waals surface area (Å²) in [6.45, 7) is 2.07. The molecule has 2 aromatic carbocycles. The Bertz CT molecular complexity index is 914. The van der Waals surface area contributed by atoms with Gasteiger partial charge in [-0.2, -0.15) is 4.31 Å². The van der Waals surface area contributed by atoms with E-state index in [4.69, 9.17) is 0 Å². The van der Waals surface area contributed by atoms with Gasteiger partial charge in [0.1, 0.15) is 5.82 Å². The van der Waals surface area contributed by atoms with E-state index in [0.29, 0.717) is 6.54 Å². The molecule has 1 heterocycles. The summed E-state index contributed by atoms with van der Waals surface area (Å²) in [6, 6.07) is 14.6. The van der Waals surface area contributed by atoms with Gasteiger partial charge in [0, 0.05) is 13.6 Å². The minimum Gasteiger partial charge on any atom is -0.353 e. The Morgan fingerprint density at radius 3 is 2.34 bits per heavy atom. The third kappa shape index (κ3) is 5.41. The number of sulfonamides is 1. The second-order valence-electron chi connectivity index (χ2n) is 7.19. The van der Waals surface area contributed by atoms with Crippen molar-refractivity contribution >= 4 is 15.9 Å². The summed E-state index contributed by atoms with van der Waals surface area (Å²) in [6.07, 6.45) is 2.27. The van der Waals surface area contributed by atoms with Crippen LogP contribution in [0.3, 0.4) is 0 Å². The summed E-state index contributed by atoms with van der Waals surface area (Å²) in [5, 5.41) is 2.87. The van der Waals surface area contributed by atoms with Gasteiger partial charge >= 0.3 is 0 Å². The molecule has 8 heteroatoms. The van der Waals surface area contributed by atoms with E-state index in [1.54, 1.807) is 0 Å². The van der Waals surface area contributed by atoms with E-state index in [2.05, 4.69) is 10.2 Å². The molecule has 3 rings (SSSR count). The van der Waals surface area contributed by atoms with E-state index < -0.39 is 15.8 Å². The summed E-state index contributed by atoms with van der Waals surface area (Å²) in [7, 11) is -2.52. The fourth-order valence-corrected chi connectivity index (χ4v) is 4.65. The van der Waals surface area contributed by atoms with Crippen molar-refractivity contribution < 1.29 is 17.6 Å². The normalized spacial score (nSPS) is 16.1.